The molecule has 0 radical (unpaired) electrons. The van der Waals surface area contributed by atoms with Gasteiger partial charge >= 0.3 is 5.97 Å². The predicted molar refractivity (Wildman–Crippen MR) is 162 cm³/mol. The first-order valence-electron chi connectivity index (χ1n) is 13.7. The maximum absolute atomic E-state index is 13.4. The van der Waals surface area contributed by atoms with Gasteiger partial charge in [-0.25, -0.2) is 4.98 Å². The molecule has 1 aromatic carbocycles. The van der Waals surface area contributed by atoms with Crippen molar-refractivity contribution in [3.05, 3.63) is 54.2 Å². The molecule has 0 saturated carbocycles. The van der Waals surface area contributed by atoms with Crippen LogP contribution in [0.25, 0.3) is 10.9 Å². The van der Waals surface area contributed by atoms with Crippen molar-refractivity contribution < 1.29 is 33.9 Å². The number of para-hydroxylation sites is 1. The number of nitrogens with two attached hydrogens (primary N) is 1. The number of carbonyl (C=O) groups is 6. The van der Waals surface area contributed by atoms with Crippen molar-refractivity contribution in [2.45, 2.75) is 56.8 Å². The smallest absolute Gasteiger partial charge is 0.305 e. The topological polar surface area (TPSA) is 241 Å². The molecule has 15 nitrogen and oxygen atoms in total. The molecule has 236 valence electrons. The molecule has 3 aromatic rings. The van der Waals surface area contributed by atoms with Crippen molar-refractivity contribution in [3.8, 4) is 0 Å². The van der Waals surface area contributed by atoms with Crippen LogP contribution in [0, 0.1) is 0 Å². The summed E-state index contributed by atoms with van der Waals surface area (Å²) in [7, 11) is 0. The van der Waals surface area contributed by atoms with Crippen LogP contribution in [0.1, 0.15) is 31.0 Å². The number of hydrogen-bond donors (Lipinski definition) is 8. The van der Waals surface area contributed by atoms with Gasteiger partial charge in [0.1, 0.15) is 24.2 Å². The maximum Gasteiger partial charge on any atom is 0.305 e. The van der Waals surface area contributed by atoms with Crippen molar-refractivity contribution >= 4 is 58.2 Å². The number of carboxylic acid groups (broad SMARTS) is 1. The normalized spacial score (nSPS) is 13.7. The van der Waals surface area contributed by atoms with Crippen LogP contribution in [0.15, 0.2) is 43.0 Å². The molecule has 0 spiro atoms. The van der Waals surface area contributed by atoms with Gasteiger partial charge in [-0.3, -0.25) is 28.8 Å². The Hall–Kier alpha value is -4.86. The number of primary amides is 1. The molecule has 2 heterocycles. The first-order valence-corrected chi connectivity index (χ1v) is 15.1. The zero-order chi connectivity index (χ0) is 32.2. The molecule has 3 rings (SSSR count). The van der Waals surface area contributed by atoms with E-state index >= 15 is 0 Å². The number of H-pyrrole nitrogens is 2. The number of imidazole rings is 1. The molecule has 9 N–H and O–H groups in total. The first kappa shape index (κ1) is 33.6. The molecule has 0 unspecified atom stereocenters. The number of amides is 5. The summed E-state index contributed by atoms with van der Waals surface area (Å²) in [5, 5.41) is 20.4. The number of thioether (sulfide) groups is 1. The second kappa shape index (κ2) is 16.1. The van der Waals surface area contributed by atoms with E-state index in [4.69, 9.17) is 5.73 Å². The molecule has 0 saturated heterocycles. The lowest BCUT2D eigenvalue weighted by atomic mass is 10.0. The van der Waals surface area contributed by atoms with E-state index in [1.807, 2.05) is 24.3 Å². The number of carboxylic acids is 1. The van der Waals surface area contributed by atoms with E-state index in [2.05, 4.69) is 36.2 Å². The highest BCUT2D eigenvalue weighted by Crippen LogP contribution is 2.19. The number of aromatic amines is 2. The second-order valence-electron chi connectivity index (χ2n) is 10.1. The number of nitrogens with one attached hydrogen (secondary N) is 6. The largest absolute Gasteiger partial charge is 0.481 e. The molecular weight excluding hydrogens is 592 g/mol. The van der Waals surface area contributed by atoms with Crippen LogP contribution < -0.4 is 27.0 Å². The summed E-state index contributed by atoms with van der Waals surface area (Å²) in [6.45, 7) is 1.27. The van der Waals surface area contributed by atoms with E-state index in [9.17, 15) is 33.9 Å². The van der Waals surface area contributed by atoms with Crippen LogP contribution in [-0.2, 0) is 41.6 Å². The lowest BCUT2D eigenvalue weighted by molar-refractivity contribution is -0.141. The Balaban J connectivity index is 1.76. The summed E-state index contributed by atoms with van der Waals surface area (Å²) in [5.41, 5.74) is 7.55. The zero-order valence-electron chi connectivity index (χ0n) is 24.2. The maximum atomic E-state index is 13.4. The zero-order valence-corrected chi connectivity index (χ0v) is 25.0. The van der Waals surface area contributed by atoms with E-state index in [1.54, 1.807) is 12.5 Å². The minimum atomic E-state index is -1.59. The molecule has 0 aliphatic rings. The van der Waals surface area contributed by atoms with Gasteiger partial charge in [0.15, 0.2) is 0 Å². The Morgan fingerprint density at radius 3 is 2.20 bits per heavy atom. The van der Waals surface area contributed by atoms with Crippen molar-refractivity contribution in [1.29, 1.82) is 0 Å². The second-order valence-corrected chi connectivity index (χ2v) is 11.0. The molecule has 44 heavy (non-hydrogen) atoms. The summed E-state index contributed by atoms with van der Waals surface area (Å²) in [5.74, 6) is -4.68. The Labute approximate surface area is 256 Å². The highest BCUT2D eigenvalue weighted by molar-refractivity contribution is 7.98. The number of aromatic nitrogens is 3. The first-order chi connectivity index (χ1) is 21.0. The summed E-state index contributed by atoms with van der Waals surface area (Å²) in [4.78, 5) is 85.2. The van der Waals surface area contributed by atoms with Gasteiger partial charge in [-0.2, -0.15) is 11.8 Å². The number of benzene rings is 1. The minimum Gasteiger partial charge on any atom is -0.481 e. The Kier molecular flexibility index (Phi) is 12.3. The van der Waals surface area contributed by atoms with Gasteiger partial charge in [0, 0.05) is 48.8 Å². The molecule has 0 aliphatic carbocycles. The van der Waals surface area contributed by atoms with Gasteiger partial charge in [-0.05, 0) is 30.1 Å². The van der Waals surface area contributed by atoms with Gasteiger partial charge < -0.3 is 42.1 Å². The van der Waals surface area contributed by atoms with Crippen LogP contribution in [0.5, 0.6) is 0 Å². The quantitative estimate of drug-likeness (QED) is 0.0945. The van der Waals surface area contributed by atoms with Gasteiger partial charge in [0.2, 0.25) is 29.5 Å². The standard InChI is InChI=1S/C28H36N8O7S/c1-15(37)33-22(9-16-12-31-19-6-4-3-5-18(16)19)27(42)34-20(7-8-44-2)26(41)36-23(11-24(38)39)28(43)35-21(25(29)40)10-17-13-30-14-32-17/h3-6,12-14,20-23,31H,7-11H2,1-2H3,(H2,29,40)(H,30,32)(H,33,37)(H,34,42)(H,35,43)(H,36,41)(H,38,39)/t20-,21-,22-,23-/m0/s1. The van der Waals surface area contributed by atoms with E-state index in [-0.39, 0.29) is 19.3 Å². The minimum absolute atomic E-state index is 0.0395. The highest BCUT2D eigenvalue weighted by atomic mass is 32.2. The molecule has 5 amide bonds. The lowest BCUT2D eigenvalue weighted by Gasteiger charge is -2.25. The molecule has 0 aliphatic heterocycles. The number of rotatable bonds is 17. The fourth-order valence-electron chi connectivity index (χ4n) is 4.52. The monoisotopic (exact) mass is 628 g/mol. The van der Waals surface area contributed by atoms with Crippen molar-refractivity contribution in [3.63, 3.8) is 0 Å². The molecule has 4 atom stereocenters. The lowest BCUT2D eigenvalue weighted by Crippen LogP contribution is -2.58. The van der Waals surface area contributed by atoms with Crippen LogP contribution in [0.4, 0.5) is 0 Å². The van der Waals surface area contributed by atoms with Gasteiger partial charge in [-0.1, -0.05) is 18.2 Å². The Morgan fingerprint density at radius 2 is 1.57 bits per heavy atom. The van der Waals surface area contributed by atoms with Crippen LogP contribution in [0.3, 0.4) is 0 Å². The fourth-order valence-corrected chi connectivity index (χ4v) is 4.99. The van der Waals surface area contributed by atoms with Crippen molar-refractivity contribution in [2.75, 3.05) is 12.0 Å². The molecule has 16 heteroatoms. The van der Waals surface area contributed by atoms with Crippen molar-refractivity contribution in [1.82, 2.24) is 36.2 Å². The van der Waals surface area contributed by atoms with Crippen molar-refractivity contribution in [2.24, 2.45) is 5.73 Å². The van der Waals surface area contributed by atoms with Gasteiger partial charge in [-0.15, -0.1) is 0 Å². The van der Waals surface area contributed by atoms with E-state index in [0.29, 0.717) is 11.4 Å². The van der Waals surface area contributed by atoms with Gasteiger partial charge in [0.25, 0.3) is 0 Å². The summed E-state index contributed by atoms with van der Waals surface area (Å²) < 4.78 is 0. The van der Waals surface area contributed by atoms with E-state index < -0.39 is 66.1 Å². The number of nitrogens with zero attached hydrogens (tertiary/aromatic N) is 1. The Bertz CT molecular complexity index is 1480. The third kappa shape index (κ3) is 9.86. The van der Waals surface area contributed by atoms with E-state index in [1.165, 1.54) is 31.2 Å². The fraction of sp³-hybridized carbons (Fsp3) is 0.393. The third-order valence-electron chi connectivity index (χ3n) is 6.69. The number of hydrogen-bond acceptors (Lipinski definition) is 8. The average molecular weight is 629 g/mol. The van der Waals surface area contributed by atoms with Crippen LogP contribution >= 0.6 is 11.8 Å². The SMILES string of the molecule is CSCC[C@H](NC(=O)[C@H](Cc1c[nH]c2ccccc12)NC(C)=O)C(=O)N[C@@H](CC(=O)O)C(=O)N[C@@H](Cc1cnc[nH]1)C(N)=O. The summed E-state index contributed by atoms with van der Waals surface area (Å²) in [6, 6.07) is 2.46. The number of fused-ring (bicyclic) bond motifs is 1. The third-order valence-corrected chi connectivity index (χ3v) is 7.33. The van der Waals surface area contributed by atoms with Gasteiger partial charge in [0.05, 0.1) is 12.7 Å². The molecule has 0 bridgehead atoms. The highest BCUT2D eigenvalue weighted by Gasteiger charge is 2.32. The average Bonchev–Trinajstić information content (AvgIpc) is 3.63. The van der Waals surface area contributed by atoms with Crippen LogP contribution in [0.2, 0.25) is 0 Å². The predicted octanol–water partition coefficient (Wildman–Crippen LogP) is -0.652. The number of aliphatic carboxylic acids is 1. The summed E-state index contributed by atoms with van der Waals surface area (Å²) >= 11 is 1.41. The molecule has 0 fully saturated rings. The van der Waals surface area contributed by atoms with Crippen LogP contribution in [-0.4, -0.2) is 91.7 Å². The van der Waals surface area contributed by atoms with E-state index in [0.717, 1.165) is 16.5 Å². The molecular formula is C28H36N8O7S. The molecule has 2 aromatic heterocycles. The Morgan fingerprint density at radius 1 is 0.909 bits per heavy atom. The number of carbonyl (C=O) groups excluding carboxylic acids is 5. The summed E-state index contributed by atoms with van der Waals surface area (Å²) in [6.07, 6.45) is 5.79.